The van der Waals surface area contributed by atoms with Crippen molar-refractivity contribution >= 4 is 23.0 Å². The molecule has 2 heterocycles. The topological polar surface area (TPSA) is 167 Å². The molecular weight excluding hydrogens is 346 g/mol. The Kier molecular flexibility index (Phi) is 5.38. The third-order valence-corrected chi connectivity index (χ3v) is 3.88. The van der Waals surface area contributed by atoms with Gasteiger partial charge in [-0.1, -0.05) is 13.8 Å². The van der Waals surface area contributed by atoms with E-state index < -0.39 is 34.7 Å². The van der Waals surface area contributed by atoms with E-state index in [4.69, 9.17) is 5.11 Å². The van der Waals surface area contributed by atoms with Crippen molar-refractivity contribution in [2.75, 3.05) is 0 Å². The second-order valence-corrected chi connectivity index (χ2v) is 6.16. The van der Waals surface area contributed by atoms with Gasteiger partial charge in [0.2, 0.25) is 5.91 Å². The predicted molar refractivity (Wildman–Crippen MR) is 91.0 cm³/mol. The maximum atomic E-state index is 12.1. The van der Waals surface area contributed by atoms with Crippen molar-refractivity contribution in [3.8, 4) is 0 Å². The molecule has 0 aliphatic carbocycles. The van der Waals surface area contributed by atoms with E-state index in [9.17, 15) is 24.0 Å². The Morgan fingerprint density at radius 2 is 1.85 bits per heavy atom. The molecule has 0 bridgehead atoms. The number of fused-ring (bicyclic) bond motifs is 1. The van der Waals surface area contributed by atoms with Crippen molar-refractivity contribution in [2.45, 2.75) is 32.7 Å². The van der Waals surface area contributed by atoms with Gasteiger partial charge in [0.15, 0.2) is 5.52 Å². The average molecular weight is 365 g/mol. The van der Waals surface area contributed by atoms with Crippen molar-refractivity contribution < 1.29 is 14.7 Å². The van der Waals surface area contributed by atoms with Crippen LogP contribution in [0.3, 0.4) is 0 Å². The van der Waals surface area contributed by atoms with Crippen LogP contribution in [0, 0.1) is 5.92 Å². The molecule has 4 N–H and O–H groups in total. The Morgan fingerprint density at radius 1 is 1.19 bits per heavy atom. The van der Waals surface area contributed by atoms with Crippen LogP contribution in [0.25, 0.3) is 11.2 Å². The molecule has 11 nitrogen and oxygen atoms in total. The van der Waals surface area contributed by atoms with Gasteiger partial charge in [0.25, 0.3) is 11.1 Å². The summed E-state index contributed by atoms with van der Waals surface area (Å²) in [6.07, 6.45) is -0.272. The van der Waals surface area contributed by atoms with Gasteiger partial charge in [-0.15, -0.1) is 0 Å². The van der Waals surface area contributed by atoms with E-state index in [1.54, 1.807) is 13.8 Å². The number of H-pyrrole nitrogens is 2. The molecule has 0 radical (unpaired) electrons. The highest BCUT2D eigenvalue weighted by Crippen LogP contribution is 2.04. The minimum absolute atomic E-state index is 0.0253. The number of aromatic amines is 2. The molecule has 26 heavy (non-hydrogen) atoms. The molecule has 0 saturated heterocycles. The average Bonchev–Trinajstić information content (AvgIpc) is 2.55. The van der Waals surface area contributed by atoms with Crippen LogP contribution in [0.5, 0.6) is 0 Å². The molecule has 0 unspecified atom stereocenters. The third kappa shape index (κ3) is 3.87. The van der Waals surface area contributed by atoms with Gasteiger partial charge in [-0.05, 0) is 5.92 Å². The Hall–Kier alpha value is -3.24. The summed E-state index contributed by atoms with van der Waals surface area (Å²) >= 11 is 0. The molecule has 1 atom stereocenters. The first-order chi connectivity index (χ1) is 12.1. The van der Waals surface area contributed by atoms with Crippen molar-refractivity contribution in [2.24, 2.45) is 13.0 Å². The Bertz CT molecular complexity index is 1030. The molecule has 0 aromatic carbocycles. The van der Waals surface area contributed by atoms with E-state index in [0.29, 0.717) is 0 Å². The highest BCUT2D eigenvalue weighted by Gasteiger charge is 2.23. The Labute approximate surface area is 146 Å². The minimum Gasteiger partial charge on any atom is -0.480 e. The number of aromatic nitrogens is 4. The van der Waals surface area contributed by atoms with Gasteiger partial charge in [-0.2, -0.15) is 0 Å². The van der Waals surface area contributed by atoms with Crippen LogP contribution in [0.4, 0.5) is 0 Å². The van der Waals surface area contributed by atoms with Gasteiger partial charge in [0, 0.05) is 19.9 Å². The lowest BCUT2D eigenvalue weighted by atomic mass is 10.0. The molecule has 11 heteroatoms. The van der Waals surface area contributed by atoms with E-state index in [-0.39, 0.29) is 35.6 Å². The number of hydrogen-bond acceptors (Lipinski definition) is 6. The first kappa shape index (κ1) is 19.1. The van der Waals surface area contributed by atoms with Crippen molar-refractivity contribution in [1.29, 1.82) is 0 Å². The second-order valence-electron chi connectivity index (χ2n) is 6.16. The van der Waals surface area contributed by atoms with Crippen LogP contribution < -0.4 is 22.1 Å². The molecule has 1 amide bonds. The first-order valence-corrected chi connectivity index (χ1v) is 7.86. The van der Waals surface area contributed by atoms with Crippen LogP contribution in [0.15, 0.2) is 14.4 Å². The largest absolute Gasteiger partial charge is 0.480 e. The number of aryl methyl sites for hydroxylation is 2. The summed E-state index contributed by atoms with van der Waals surface area (Å²) in [5, 5.41) is 11.4. The van der Waals surface area contributed by atoms with Gasteiger partial charge in [0.05, 0.1) is 0 Å². The molecule has 0 saturated carbocycles. The molecule has 0 fully saturated rings. The lowest BCUT2D eigenvalue weighted by molar-refractivity contribution is -0.143. The summed E-state index contributed by atoms with van der Waals surface area (Å²) in [6.45, 7) is 3.32. The number of amides is 1. The molecule has 0 aliphatic heterocycles. The summed E-state index contributed by atoms with van der Waals surface area (Å²) < 4.78 is 1.04. The summed E-state index contributed by atoms with van der Waals surface area (Å²) in [5.41, 5.74) is -2.30. The molecule has 140 valence electrons. The van der Waals surface area contributed by atoms with E-state index in [2.05, 4.69) is 20.3 Å². The van der Waals surface area contributed by atoms with E-state index >= 15 is 0 Å². The smallest absolute Gasteiger partial charge is 0.329 e. The number of carbonyl (C=O) groups excluding carboxylic acids is 1. The van der Waals surface area contributed by atoms with Gasteiger partial charge in [-0.25, -0.2) is 14.6 Å². The number of carboxylic acids is 1. The van der Waals surface area contributed by atoms with Crippen LogP contribution in [-0.4, -0.2) is 42.5 Å². The zero-order valence-corrected chi connectivity index (χ0v) is 14.5. The maximum Gasteiger partial charge on any atom is 0.329 e. The molecule has 2 aromatic rings. The monoisotopic (exact) mass is 365 g/mol. The van der Waals surface area contributed by atoms with Crippen molar-refractivity contribution in [1.82, 2.24) is 24.8 Å². The highest BCUT2D eigenvalue weighted by molar-refractivity contribution is 5.83. The maximum absolute atomic E-state index is 12.1. The van der Waals surface area contributed by atoms with E-state index in [1.807, 2.05) is 0 Å². The fourth-order valence-corrected chi connectivity index (χ4v) is 2.38. The van der Waals surface area contributed by atoms with Crippen LogP contribution in [0.1, 0.15) is 26.0 Å². The first-order valence-electron chi connectivity index (χ1n) is 7.86. The number of aliphatic carboxylic acids is 1. The van der Waals surface area contributed by atoms with Gasteiger partial charge in [0.1, 0.15) is 17.4 Å². The standard InChI is InChI=1S/C15H19N5O6/c1-6(2)9(14(24)25)17-8(21)5-4-7-12(22)18-11-10(16-7)13(23)19-15(26)20(11)3/h6,9H,4-5H2,1-3H3,(H,17,21)(H,18,22)(H,24,25)(H,19,23,26)/t9-/m1/s1. The minimum atomic E-state index is -1.15. The third-order valence-electron chi connectivity index (χ3n) is 3.88. The highest BCUT2D eigenvalue weighted by atomic mass is 16.4. The summed E-state index contributed by atoms with van der Waals surface area (Å²) in [6, 6.07) is -1.04. The molecule has 0 aliphatic rings. The van der Waals surface area contributed by atoms with Crippen LogP contribution in [0.2, 0.25) is 0 Å². The number of hydrogen-bond donors (Lipinski definition) is 4. The summed E-state index contributed by atoms with van der Waals surface area (Å²) in [5.74, 6) is -2.01. The van der Waals surface area contributed by atoms with Crippen molar-refractivity contribution in [3.05, 3.63) is 36.9 Å². The van der Waals surface area contributed by atoms with Gasteiger partial charge in [-0.3, -0.25) is 23.9 Å². The quantitative estimate of drug-likeness (QED) is 0.481. The number of nitrogens with one attached hydrogen (secondary N) is 3. The van der Waals surface area contributed by atoms with Crippen LogP contribution >= 0.6 is 0 Å². The van der Waals surface area contributed by atoms with E-state index in [1.165, 1.54) is 7.05 Å². The van der Waals surface area contributed by atoms with Gasteiger partial charge >= 0.3 is 11.7 Å². The van der Waals surface area contributed by atoms with E-state index in [0.717, 1.165) is 4.57 Å². The Balaban J connectivity index is 2.24. The summed E-state index contributed by atoms with van der Waals surface area (Å²) in [4.78, 5) is 67.0. The van der Waals surface area contributed by atoms with Gasteiger partial charge < -0.3 is 15.4 Å². The second kappa shape index (κ2) is 7.33. The number of carbonyl (C=O) groups is 2. The molecule has 0 spiro atoms. The number of nitrogens with zero attached hydrogens (tertiary/aromatic N) is 2. The Morgan fingerprint density at radius 3 is 2.42 bits per heavy atom. The fourth-order valence-electron chi connectivity index (χ4n) is 2.38. The molecule has 2 aromatic heterocycles. The predicted octanol–water partition coefficient (Wildman–Crippen LogP) is -1.53. The van der Waals surface area contributed by atoms with Crippen LogP contribution in [-0.2, 0) is 23.1 Å². The lowest BCUT2D eigenvalue weighted by Crippen LogP contribution is -2.44. The molecular formula is C15H19N5O6. The molecule has 2 rings (SSSR count). The lowest BCUT2D eigenvalue weighted by Gasteiger charge is -2.17. The number of rotatable bonds is 6. The van der Waals surface area contributed by atoms with Crippen molar-refractivity contribution in [3.63, 3.8) is 0 Å². The normalized spacial score (nSPS) is 12.3. The zero-order chi connectivity index (χ0) is 19.6. The number of carboxylic acid groups (broad SMARTS) is 1. The fraction of sp³-hybridized carbons (Fsp3) is 0.467. The SMILES string of the molecule is CC(C)[C@@H](NC(=O)CCc1nc2c(=O)[nH]c(=O)n(C)c2[nH]c1=O)C(=O)O. The summed E-state index contributed by atoms with van der Waals surface area (Å²) in [7, 11) is 1.36. The zero-order valence-electron chi connectivity index (χ0n) is 14.5.